The molecule has 0 radical (unpaired) electrons. The van der Waals surface area contributed by atoms with Crippen LogP contribution in [-0.4, -0.2) is 38.5 Å². The van der Waals surface area contributed by atoms with Crippen LogP contribution in [0.5, 0.6) is 0 Å². The van der Waals surface area contributed by atoms with E-state index in [1.807, 2.05) is 0 Å². The molecule has 0 aromatic heterocycles. The Morgan fingerprint density at radius 1 is 1.05 bits per heavy atom. The Kier molecular flexibility index (Phi) is 4.97. The molecule has 1 aromatic carbocycles. The molecule has 1 atom stereocenters. The highest BCUT2D eigenvalue weighted by molar-refractivity contribution is 5.20. The van der Waals surface area contributed by atoms with E-state index in [1.54, 1.807) is 0 Å². The molecule has 0 amide bonds. The van der Waals surface area contributed by atoms with E-state index in [1.165, 1.54) is 5.56 Å². The fraction of sp³-hybridized carbons (Fsp3) is 0.625. The van der Waals surface area contributed by atoms with Gasteiger partial charge in [0.2, 0.25) is 0 Å². The Hall–Kier alpha value is -0.900. The third-order valence-electron chi connectivity index (χ3n) is 3.64. The number of rotatable bonds is 4. The molecule has 0 bridgehead atoms. The van der Waals surface area contributed by atoms with Crippen molar-refractivity contribution in [1.82, 2.24) is 4.90 Å². The van der Waals surface area contributed by atoms with E-state index in [-0.39, 0.29) is 6.29 Å². The monoisotopic (exact) mass is 263 g/mol. The number of nitrogens with zero attached hydrogens (tertiary/aromatic N) is 1. The van der Waals surface area contributed by atoms with Crippen LogP contribution in [0, 0.1) is 11.8 Å². The Morgan fingerprint density at radius 2 is 1.63 bits per heavy atom. The highest BCUT2D eigenvalue weighted by Gasteiger charge is 2.31. The summed E-state index contributed by atoms with van der Waals surface area (Å²) >= 11 is 0. The lowest BCUT2D eigenvalue weighted by Crippen LogP contribution is -2.41. The lowest BCUT2D eigenvalue weighted by atomic mass is 9.92. The van der Waals surface area contributed by atoms with E-state index in [2.05, 4.69) is 63.2 Å². The summed E-state index contributed by atoms with van der Waals surface area (Å²) in [5, 5.41) is 0. The fourth-order valence-corrected chi connectivity index (χ4v) is 2.74. The summed E-state index contributed by atoms with van der Waals surface area (Å²) in [7, 11) is 4.23. The van der Waals surface area contributed by atoms with Crippen LogP contribution in [0.2, 0.25) is 0 Å². The van der Waals surface area contributed by atoms with Crippen LogP contribution in [-0.2, 0) is 9.47 Å². The third-order valence-corrected chi connectivity index (χ3v) is 3.64. The first kappa shape index (κ1) is 14.5. The maximum absolute atomic E-state index is 5.86. The molecule has 1 aliphatic rings. The highest BCUT2D eigenvalue weighted by Crippen LogP contribution is 2.31. The second-order valence-electron chi connectivity index (χ2n) is 5.86. The quantitative estimate of drug-likeness (QED) is 0.833. The predicted octanol–water partition coefficient (Wildman–Crippen LogP) is 2.93. The van der Waals surface area contributed by atoms with Crippen LogP contribution < -0.4 is 0 Å². The minimum absolute atomic E-state index is 0.0464. The van der Waals surface area contributed by atoms with Gasteiger partial charge < -0.3 is 14.4 Å². The Labute approximate surface area is 116 Å². The van der Waals surface area contributed by atoms with Crippen LogP contribution in [0.25, 0.3) is 0 Å². The van der Waals surface area contributed by atoms with Crippen molar-refractivity contribution >= 4 is 0 Å². The summed E-state index contributed by atoms with van der Waals surface area (Å²) in [6.07, 6.45) is -0.0464. The molecule has 1 aliphatic heterocycles. The van der Waals surface area contributed by atoms with Crippen molar-refractivity contribution in [3.05, 3.63) is 35.9 Å². The van der Waals surface area contributed by atoms with Gasteiger partial charge in [0.05, 0.1) is 13.2 Å². The molecule has 0 saturated carbocycles. The Balaban J connectivity index is 2.06. The minimum Gasteiger partial charge on any atom is -0.352 e. The summed E-state index contributed by atoms with van der Waals surface area (Å²) in [5.41, 5.74) is 1.33. The van der Waals surface area contributed by atoms with E-state index >= 15 is 0 Å². The highest BCUT2D eigenvalue weighted by atomic mass is 16.7. The van der Waals surface area contributed by atoms with Gasteiger partial charge in [0.1, 0.15) is 0 Å². The van der Waals surface area contributed by atoms with Crippen LogP contribution in [0.4, 0.5) is 0 Å². The number of ether oxygens (including phenoxy) is 2. The normalized spacial score (nSPS) is 25.8. The molecular formula is C16H25NO2. The van der Waals surface area contributed by atoms with E-state index in [9.17, 15) is 0 Å². The van der Waals surface area contributed by atoms with Crippen LogP contribution in [0.3, 0.4) is 0 Å². The van der Waals surface area contributed by atoms with Crippen molar-refractivity contribution < 1.29 is 9.47 Å². The molecule has 2 rings (SSSR count). The molecule has 0 N–H and O–H groups in total. The molecule has 1 saturated heterocycles. The summed E-state index contributed by atoms with van der Waals surface area (Å²) in [6, 6.07) is 10.9. The lowest BCUT2D eigenvalue weighted by Gasteiger charge is -2.38. The lowest BCUT2D eigenvalue weighted by molar-refractivity contribution is -0.226. The van der Waals surface area contributed by atoms with Gasteiger partial charge in [-0.1, -0.05) is 44.2 Å². The first-order valence-electron chi connectivity index (χ1n) is 7.04. The largest absolute Gasteiger partial charge is 0.352 e. The second-order valence-corrected chi connectivity index (χ2v) is 5.86. The summed E-state index contributed by atoms with van der Waals surface area (Å²) in [5.74, 6) is 0.794. The molecule has 19 heavy (non-hydrogen) atoms. The molecule has 1 fully saturated rings. The first-order chi connectivity index (χ1) is 9.09. The van der Waals surface area contributed by atoms with E-state index in [0.29, 0.717) is 17.9 Å². The van der Waals surface area contributed by atoms with E-state index in [4.69, 9.17) is 9.47 Å². The van der Waals surface area contributed by atoms with Crippen molar-refractivity contribution in [2.45, 2.75) is 26.2 Å². The van der Waals surface area contributed by atoms with Crippen LogP contribution in [0.1, 0.15) is 25.5 Å². The molecule has 1 aromatic rings. The van der Waals surface area contributed by atoms with Crippen molar-refractivity contribution in [2.24, 2.45) is 11.8 Å². The van der Waals surface area contributed by atoms with Gasteiger partial charge in [0, 0.05) is 17.9 Å². The van der Waals surface area contributed by atoms with Gasteiger partial charge in [-0.15, -0.1) is 0 Å². The fourth-order valence-electron chi connectivity index (χ4n) is 2.74. The maximum atomic E-state index is 5.86. The number of hydrogen-bond acceptors (Lipinski definition) is 3. The molecule has 106 valence electrons. The van der Waals surface area contributed by atoms with Gasteiger partial charge in [-0.25, -0.2) is 0 Å². The average Bonchev–Trinajstić information content (AvgIpc) is 2.40. The van der Waals surface area contributed by atoms with Crippen molar-refractivity contribution in [3.63, 3.8) is 0 Å². The van der Waals surface area contributed by atoms with Gasteiger partial charge in [0.25, 0.3) is 0 Å². The summed E-state index contributed by atoms with van der Waals surface area (Å²) in [4.78, 5) is 2.25. The first-order valence-corrected chi connectivity index (χ1v) is 7.04. The third kappa shape index (κ3) is 3.56. The minimum atomic E-state index is -0.0464. The topological polar surface area (TPSA) is 21.7 Å². The van der Waals surface area contributed by atoms with Gasteiger partial charge in [-0.2, -0.15) is 0 Å². The zero-order chi connectivity index (χ0) is 13.8. The van der Waals surface area contributed by atoms with Gasteiger partial charge in [-0.05, 0) is 19.7 Å². The maximum Gasteiger partial charge on any atom is 0.159 e. The van der Waals surface area contributed by atoms with Gasteiger partial charge in [-0.3, -0.25) is 0 Å². The summed E-state index contributed by atoms with van der Waals surface area (Å²) in [6.45, 7) is 5.79. The zero-order valence-corrected chi connectivity index (χ0v) is 12.4. The zero-order valence-electron chi connectivity index (χ0n) is 12.4. The Morgan fingerprint density at radius 3 is 2.11 bits per heavy atom. The Bertz CT molecular complexity index is 370. The van der Waals surface area contributed by atoms with Gasteiger partial charge in [0.15, 0.2) is 6.29 Å². The van der Waals surface area contributed by atoms with Crippen LogP contribution >= 0.6 is 0 Å². The van der Waals surface area contributed by atoms with Crippen molar-refractivity contribution in [1.29, 1.82) is 0 Å². The van der Waals surface area contributed by atoms with Crippen molar-refractivity contribution in [3.8, 4) is 0 Å². The standard InChI is InChI=1S/C16H25NO2/c1-12(2)16-18-10-14(11-19-16)15(17(3)4)13-8-6-5-7-9-13/h5-9,12,14-16H,10-11H2,1-4H3. The molecule has 0 aliphatic carbocycles. The molecule has 0 spiro atoms. The van der Waals surface area contributed by atoms with Crippen molar-refractivity contribution in [2.75, 3.05) is 27.3 Å². The number of benzene rings is 1. The predicted molar refractivity (Wildman–Crippen MR) is 76.9 cm³/mol. The average molecular weight is 263 g/mol. The van der Waals surface area contributed by atoms with Gasteiger partial charge >= 0.3 is 0 Å². The molecule has 1 heterocycles. The number of hydrogen-bond donors (Lipinski definition) is 0. The second kappa shape index (κ2) is 6.51. The van der Waals surface area contributed by atoms with E-state index < -0.39 is 0 Å². The molecule has 1 unspecified atom stereocenters. The SMILES string of the molecule is CC(C)C1OCC(C(c2ccccc2)N(C)C)CO1. The molecule has 3 heteroatoms. The smallest absolute Gasteiger partial charge is 0.159 e. The molecular weight excluding hydrogens is 238 g/mol. The summed E-state index contributed by atoms with van der Waals surface area (Å²) < 4.78 is 11.7. The molecule has 3 nitrogen and oxygen atoms in total. The van der Waals surface area contributed by atoms with Crippen LogP contribution in [0.15, 0.2) is 30.3 Å². The van der Waals surface area contributed by atoms with E-state index in [0.717, 1.165) is 13.2 Å².